The average Bonchev–Trinajstić information content (AvgIpc) is 2.01. The van der Waals surface area contributed by atoms with Gasteiger partial charge in [-0.3, -0.25) is 10.0 Å². The van der Waals surface area contributed by atoms with Gasteiger partial charge in [-0.25, -0.2) is 4.99 Å². The van der Waals surface area contributed by atoms with Crippen LogP contribution in [-0.4, -0.2) is 15.8 Å². The van der Waals surface area contributed by atoms with Crippen LogP contribution in [0.3, 0.4) is 0 Å². The molecule has 12 heavy (non-hydrogen) atoms. The second-order valence-corrected chi connectivity index (χ2v) is 3.04. The lowest BCUT2D eigenvalue weighted by Gasteiger charge is -2.26. The minimum absolute atomic E-state index is 0.146. The fraction of sp³-hybridized carbons (Fsp3) is 0.333. The summed E-state index contributed by atoms with van der Waals surface area (Å²) in [6, 6.07) is 1.93. The topological polar surface area (TPSA) is 65.4 Å². The number of halogens is 1. The normalized spacial score (nSPS) is 23.8. The first-order valence-corrected chi connectivity index (χ1v) is 3.94. The van der Waals surface area contributed by atoms with Crippen LogP contribution in [0.25, 0.3) is 0 Å². The van der Waals surface area contributed by atoms with Crippen LogP contribution in [0, 0.1) is 11.3 Å². The maximum atomic E-state index is 8.66. The number of thiol groups is 1. The maximum absolute atomic E-state index is 8.66. The fourth-order valence-electron chi connectivity index (χ4n) is 0.825. The summed E-state index contributed by atoms with van der Waals surface area (Å²) in [4.78, 5) is 3.80. The highest BCUT2D eigenvalue weighted by molar-refractivity contribution is 7.77. The zero-order valence-corrected chi connectivity index (χ0v) is 7.97. The van der Waals surface area contributed by atoms with Crippen molar-refractivity contribution in [3.63, 3.8) is 0 Å². The Kier molecular flexibility index (Phi) is 2.62. The Balaban J connectivity index is 3.14. The quantitative estimate of drug-likeness (QED) is 0.572. The lowest BCUT2D eigenvalue weighted by molar-refractivity contribution is 0.439. The van der Waals surface area contributed by atoms with E-state index >= 15 is 0 Å². The van der Waals surface area contributed by atoms with Gasteiger partial charge in [0.2, 0.25) is 0 Å². The molecule has 0 amide bonds. The smallest absolute Gasteiger partial charge is 0.184 e. The van der Waals surface area contributed by atoms with E-state index in [1.54, 1.807) is 6.92 Å². The molecule has 1 rings (SSSR count). The predicted octanol–water partition coefficient (Wildman–Crippen LogP) is 0.824. The van der Waals surface area contributed by atoms with Crippen molar-refractivity contribution in [2.45, 2.75) is 13.2 Å². The molecule has 64 valence electrons. The molecule has 1 atom stereocenters. The molecule has 2 N–H and O–H groups in total. The number of hydrogen-bond donors (Lipinski definition) is 2. The van der Waals surface area contributed by atoms with Gasteiger partial charge in [0.1, 0.15) is 16.8 Å². The molecule has 0 bridgehead atoms. The van der Waals surface area contributed by atoms with E-state index in [0.717, 1.165) is 0 Å². The molecule has 1 aliphatic rings. The number of aliphatic imine (C=N–C) groups is 1. The second-order valence-electron chi connectivity index (χ2n) is 2.25. The summed E-state index contributed by atoms with van der Waals surface area (Å²) in [6.07, 6.45) is -0.613. The van der Waals surface area contributed by atoms with Gasteiger partial charge in [0, 0.05) is 5.70 Å². The van der Waals surface area contributed by atoms with Crippen molar-refractivity contribution >= 4 is 29.6 Å². The second kappa shape index (κ2) is 3.35. The van der Waals surface area contributed by atoms with Crippen LogP contribution in [0.15, 0.2) is 16.3 Å². The van der Waals surface area contributed by atoms with Crippen molar-refractivity contribution in [1.29, 1.82) is 5.26 Å². The molecule has 0 aromatic rings. The first-order valence-electron chi connectivity index (χ1n) is 3.16. The van der Waals surface area contributed by atoms with E-state index in [9.17, 15) is 0 Å². The monoisotopic (exact) mass is 202 g/mol. The van der Waals surface area contributed by atoms with E-state index in [0.29, 0.717) is 11.3 Å². The molecule has 1 heterocycles. The standard InChI is InChI=1S/C6H7ClN4S/c1-3-4(2-8)5(7)10-6(9)11(3)12/h6,12H,9H2,1H3. The first kappa shape index (κ1) is 9.39. The van der Waals surface area contributed by atoms with E-state index in [-0.39, 0.29) is 5.17 Å². The molecule has 0 fully saturated rings. The third kappa shape index (κ3) is 1.41. The summed E-state index contributed by atoms with van der Waals surface area (Å²) in [5.74, 6) is 0. The molecule has 6 heteroatoms. The molecular formula is C6H7ClN4S. The zero-order valence-electron chi connectivity index (χ0n) is 6.32. The Morgan fingerprint density at radius 1 is 1.83 bits per heavy atom. The van der Waals surface area contributed by atoms with Crippen molar-refractivity contribution in [2.75, 3.05) is 0 Å². The van der Waals surface area contributed by atoms with Gasteiger partial charge in [0.25, 0.3) is 0 Å². The molecule has 1 aliphatic heterocycles. The summed E-state index contributed by atoms with van der Waals surface area (Å²) in [5, 5.41) is 8.81. The van der Waals surface area contributed by atoms with E-state index in [2.05, 4.69) is 17.8 Å². The molecule has 4 nitrogen and oxygen atoms in total. The van der Waals surface area contributed by atoms with E-state index < -0.39 is 6.29 Å². The summed E-state index contributed by atoms with van der Waals surface area (Å²) in [7, 11) is 0. The lowest BCUT2D eigenvalue weighted by Crippen LogP contribution is -2.37. The number of nitrogens with two attached hydrogens (primary N) is 1. The number of allylic oxidation sites excluding steroid dienone is 2. The third-order valence-electron chi connectivity index (χ3n) is 1.52. The van der Waals surface area contributed by atoms with E-state index in [4.69, 9.17) is 22.6 Å². The largest absolute Gasteiger partial charge is 0.292 e. The van der Waals surface area contributed by atoms with Crippen molar-refractivity contribution in [2.24, 2.45) is 10.7 Å². The molecule has 0 aliphatic carbocycles. The minimum atomic E-state index is -0.613. The van der Waals surface area contributed by atoms with Gasteiger partial charge in [-0.15, -0.1) is 0 Å². The number of hydrogen-bond acceptors (Lipinski definition) is 5. The number of nitrogens with zero attached hydrogens (tertiary/aromatic N) is 3. The fourth-order valence-corrected chi connectivity index (χ4v) is 1.26. The highest BCUT2D eigenvalue weighted by Crippen LogP contribution is 2.22. The van der Waals surface area contributed by atoms with Crippen LogP contribution in [0.5, 0.6) is 0 Å². The molecule has 0 aromatic heterocycles. The molecule has 0 saturated heterocycles. The van der Waals surface area contributed by atoms with Gasteiger partial charge in [-0.2, -0.15) is 5.26 Å². The third-order valence-corrected chi connectivity index (χ3v) is 2.34. The Morgan fingerprint density at radius 3 is 2.92 bits per heavy atom. The van der Waals surface area contributed by atoms with Crippen molar-refractivity contribution in [3.05, 3.63) is 11.3 Å². The van der Waals surface area contributed by atoms with E-state index in [1.807, 2.05) is 6.07 Å². The molecule has 0 spiro atoms. The molecule has 1 unspecified atom stereocenters. The van der Waals surface area contributed by atoms with Crippen molar-refractivity contribution in [1.82, 2.24) is 4.31 Å². The van der Waals surface area contributed by atoms with Gasteiger partial charge in [0.05, 0.1) is 0 Å². The maximum Gasteiger partial charge on any atom is 0.184 e. The average molecular weight is 203 g/mol. The molecular weight excluding hydrogens is 196 g/mol. The van der Waals surface area contributed by atoms with Gasteiger partial charge >= 0.3 is 0 Å². The summed E-state index contributed by atoms with van der Waals surface area (Å²) < 4.78 is 1.39. The van der Waals surface area contributed by atoms with Crippen LogP contribution < -0.4 is 5.73 Å². The Labute approximate surface area is 80.8 Å². The Hall–Kier alpha value is -0.700. The van der Waals surface area contributed by atoms with Crippen molar-refractivity contribution < 1.29 is 0 Å². The Bertz CT molecular complexity index is 303. The van der Waals surface area contributed by atoms with Crippen LogP contribution in [-0.2, 0) is 0 Å². The minimum Gasteiger partial charge on any atom is -0.292 e. The predicted molar refractivity (Wildman–Crippen MR) is 50.4 cm³/mol. The SMILES string of the molecule is CC1=C(C#N)C(Cl)=NC(N)N1S. The summed E-state index contributed by atoms with van der Waals surface area (Å²) in [6.45, 7) is 1.71. The number of rotatable bonds is 0. The van der Waals surface area contributed by atoms with Gasteiger partial charge in [-0.1, -0.05) is 24.4 Å². The molecule has 0 radical (unpaired) electrons. The Morgan fingerprint density at radius 2 is 2.42 bits per heavy atom. The highest BCUT2D eigenvalue weighted by atomic mass is 35.5. The van der Waals surface area contributed by atoms with Crippen molar-refractivity contribution in [3.8, 4) is 6.07 Å². The van der Waals surface area contributed by atoms with Crippen LogP contribution in [0.2, 0.25) is 0 Å². The zero-order chi connectivity index (χ0) is 9.30. The van der Waals surface area contributed by atoms with Crippen LogP contribution in [0.1, 0.15) is 6.92 Å². The molecule has 0 aromatic carbocycles. The molecule has 0 saturated carbocycles. The number of nitriles is 1. The summed E-state index contributed by atoms with van der Waals surface area (Å²) in [5.41, 5.74) is 6.44. The lowest BCUT2D eigenvalue weighted by atomic mass is 10.2. The summed E-state index contributed by atoms with van der Waals surface area (Å²) >= 11 is 9.71. The van der Waals surface area contributed by atoms with Crippen LogP contribution >= 0.6 is 24.4 Å². The first-order chi connectivity index (χ1) is 5.57. The highest BCUT2D eigenvalue weighted by Gasteiger charge is 2.22. The van der Waals surface area contributed by atoms with Gasteiger partial charge in [-0.05, 0) is 6.92 Å². The van der Waals surface area contributed by atoms with Gasteiger partial charge < -0.3 is 0 Å². The van der Waals surface area contributed by atoms with E-state index in [1.165, 1.54) is 4.31 Å². The van der Waals surface area contributed by atoms with Gasteiger partial charge in [0.15, 0.2) is 6.29 Å². The van der Waals surface area contributed by atoms with Crippen LogP contribution in [0.4, 0.5) is 0 Å².